The van der Waals surface area contributed by atoms with Crippen LogP contribution >= 0.6 is 11.8 Å². The molecular formula is C17H16N4O4S. The molecule has 9 heteroatoms. The number of methoxy groups -OCH3 is 3. The number of hydrogen-bond acceptors (Lipinski definition) is 8. The number of aromatic nitrogens is 3. The van der Waals surface area contributed by atoms with Crippen LogP contribution in [0.2, 0.25) is 0 Å². The average molecular weight is 372 g/mol. The van der Waals surface area contributed by atoms with Gasteiger partial charge in [-0.2, -0.15) is 9.78 Å². The second kappa shape index (κ2) is 6.75. The van der Waals surface area contributed by atoms with Crippen LogP contribution in [0.15, 0.2) is 45.2 Å². The van der Waals surface area contributed by atoms with E-state index in [2.05, 4.69) is 15.3 Å². The van der Waals surface area contributed by atoms with Crippen molar-refractivity contribution < 1.29 is 18.6 Å². The number of ether oxygens (including phenoxy) is 3. The lowest BCUT2D eigenvalue weighted by Gasteiger charge is -2.15. The molecule has 1 aromatic carbocycles. The first kappa shape index (κ1) is 16.5. The molecule has 3 aromatic rings. The van der Waals surface area contributed by atoms with Crippen LogP contribution in [0.3, 0.4) is 0 Å². The van der Waals surface area contributed by atoms with E-state index in [1.54, 1.807) is 44.0 Å². The van der Waals surface area contributed by atoms with Crippen LogP contribution in [0.25, 0.3) is 11.4 Å². The minimum atomic E-state index is 0.520. The molecule has 0 aliphatic carbocycles. The third kappa shape index (κ3) is 2.70. The van der Waals surface area contributed by atoms with Crippen LogP contribution in [0, 0.1) is 0 Å². The lowest BCUT2D eigenvalue weighted by atomic mass is 10.1. The van der Waals surface area contributed by atoms with Crippen LogP contribution in [0.4, 0.5) is 0 Å². The van der Waals surface area contributed by atoms with Gasteiger partial charge in [-0.1, -0.05) is 11.8 Å². The van der Waals surface area contributed by atoms with Crippen molar-refractivity contribution in [1.82, 2.24) is 14.9 Å². The highest BCUT2D eigenvalue weighted by Gasteiger charge is 2.24. The van der Waals surface area contributed by atoms with E-state index in [1.165, 1.54) is 0 Å². The van der Waals surface area contributed by atoms with Gasteiger partial charge in [-0.3, -0.25) is 0 Å². The lowest BCUT2D eigenvalue weighted by Crippen LogP contribution is -2.13. The summed E-state index contributed by atoms with van der Waals surface area (Å²) in [7, 11) is 4.71. The molecule has 0 unspecified atom stereocenters. The highest BCUT2D eigenvalue weighted by Crippen LogP contribution is 2.41. The van der Waals surface area contributed by atoms with E-state index >= 15 is 0 Å². The van der Waals surface area contributed by atoms with Gasteiger partial charge >= 0.3 is 0 Å². The molecule has 0 fully saturated rings. The van der Waals surface area contributed by atoms with Crippen molar-refractivity contribution in [3.05, 3.63) is 36.3 Å². The fourth-order valence-corrected chi connectivity index (χ4v) is 3.50. The van der Waals surface area contributed by atoms with Crippen LogP contribution in [0.1, 0.15) is 5.76 Å². The van der Waals surface area contributed by atoms with Gasteiger partial charge in [0.2, 0.25) is 10.9 Å². The second-order valence-corrected chi connectivity index (χ2v) is 6.29. The van der Waals surface area contributed by atoms with Crippen molar-refractivity contribution in [3.63, 3.8) is 0 Å². The SMILES string of the molecule is COc1cc(-c2nnc3n2N=C(c2ccco2)CS3)cc(OC)c1OC. The second-order valence-electron chi connectivity index (χ2n) is 5.34. The Morgan fingerprint density at radius 1 is 1.08 bits per heavy atom. The summed E-state index contributed by atoms with van der Waals surface area (Å²) in [6.45, 7) is 0. The maximum absolute atomic E-state index is 5.46. The van der Waals surface area contributed by atoms with Gasteiger partial charge in [-0.05, 0) is 24.3 Å². The number of nitrogens with zero attached hydrogens (tertiary/aromatic N) is 4. The minimum absolute atomic E-state index is 0.520. The van der Waals surface area contributed by atoms with Crippen molar-refractivity contribution in [1.29, 1.82) is 0 Å². The Bertz CT molecular complexity index is 940. The molecule has 0 spiro atoms. The number of furan rings is 1. The Morgan fingerprint density at radius 2 is 1.85 bits per heavy atom. The molecular weight excluding hydrogens is 356 g/mol. The number of thioether (sulfide) groups is 1. The summed E-state index contributed by atoms with van der Waals surface area (Å²) in [6.07, 6.45) is 1.63. The predicted octanol–water partition coefficient (Wildman–Crippen LogP) is 2.92. The molecule has 0 atom stereocenters. The Morgan fingerprint density at radius 3 is 2.46 bits per heavy atom. The Kier molecular flexibility index (Phi) is 4.29. The lowest BCUT2D eigenvalue weighted by molar-refractivity contribution is 0.324. The summed E-state index contributed by atoms with van der Waals surface area (Å²) >= 11 is 1.55. The summed E-state index contributed by atoms with van der Waals surface area (Å²) in [5.74, 6) is 3.58. The molecule has 4 rings (SSSR count). The summed E-state index contributed by atoms with van der Waals surface area (Å²) in [6, 6.07) is 7.36. The van der Waals surface area contributed by atoms with Gasteiger partial charge in [-0.15, -0.1) is 10.2 Å². The first-order valence-electron chi connectivity index (χ1n) is 7.75. The van der Waals surface area contributed by atoms with Crippen LogP contribution in [-0.2, 0) is 0 Å². The molecule has 3 heterocycles. The fourth-order valence-electron chi connectivity index (χ4n) is 2.68. The highest BCUT2D eigenvalue weighted by molar-refractivity contribution is 7.99. The van der Waals surface area contributed by atoms with Gasteiger partial charge in [-0.25, -0.2) is 0 Å². The number of fused-ring (bicyclic) bond motifs is 1. The maximum atomic E-state index is 5.46. The molecule has 1 aliphatic heterocycles. The molecule has 0 saturated heterocycles. The van der Waals surface area contributed by atoms with Gasteiger partial charge < -0.3 is 18.6 Å². The zero-order valence-corrected chi connectivity index (χ0v) is 15.2. The van der Waals surface area contributed by atoms with Gasteiger partial charge in [0.05, 0.1) is 27.6 Å². The van der Waals surface area contributed by atoms with E-state index in [0.29, 0.717) is 34.0 Å². The zero-order valence-electron chi connectivity index (χ0n) is 14.4. The molecule has 134 valence electrons. The molecule has 0 amide bonds. The fraction of sp³-hybridized carbons (Fsp3) is 0.235. The maximum Gasteiger partial charge on any atom is 0.212 e. The molecule has 26 heavy (non-hydrogen) atoms. The minimum Gasteiger partial charge on any atom is -0.493 e. The van der Waals surface area contributed by atoms with Crippen LogP contribution in [-0.4, -0.2) is 47.7 Å². The molecule has 0 N–H and O–H groups in total. The van der Waals surface area contributed by atoms with Gasteiger partial charge in [0.15, 0.2) is 23.1 Å². The molecule has 1 aliphatic rings. The van der Waals surface area contributed by atoms with Gasteiger partial charge in [0, 0.05) is 11.3 Å². The van der Waals surface area contributed by atoms with Crippen molar-refractivity contribution in [3.8, 4) is 28.6 Å². The molecule has 0 saturated carbocycles. The first-order chi connectivity index (χ1) is 12.7. The largest absolute Gasteiger partial charge is 0.493 e. The number of benzene rings is 1. The Labute approximate surface area is 153 Å². The van der Waals surface area contributed by atoms with Gasteiger partial charge in [0.25, 0.3) is 0 Å². The number of rotatable bonds is 5. The molecule has 0 radical (unpaired) electrons. The first-order valence-corrected chi connectivity index (χ1v) is 8.74. The van der Waals surface area contributed by atoms with E-state index < -0.39 is 0 Å². The predicted molar refractivity (Wildman–Crippen MR) is 96.5 cm³/mol. The van der Waals surface area contributed by atoms with E-state index in [1.807, 2.05) is 24.3 Å². The van der Waals surface area contributed by atoms with Crippen molar-refractivity contribution in [2.45, 2.75) is 5.16 Å². The van der Waals surface area contributed by atoms with Crippen LogP contribution < -0.4 is 14.2 Å². The summed E-state index contributed by atoms with van der Waals surface area (Å²) in [5.41, 5.74) is 1.57. The Hall–Kier alpha value is -2.94. The smallest absolute Gasteiger partial charge is 0.212 e. The molecule has 0 bridgehead atoms. The molecule has 8 nitrogen and oxygen atoms in total. The monoisotopic (exact) mass is 372 g/mol. The van der Waals surface area contributed by atoms with Gasteiger partial charge in [0.1, 0.15) is 5.71 Å². The highest BCUT2D eigenvalue weighted by atomic mass is 32.2. The standard InChI is InChI=1S/C17H16N4O4S/c1-22-13-7-10(8-14(23-2)15(13)24-3)16-18-19-17-21(16)20-11(9-26-17)12-5-4-6-25-12/h4-8H,9H2,1-3H3. The van der Waals surface area contributed by atoms with E-state index in [-0.39, 0.29) is 0 Å². The van der Waals surface area contributed by atoms with Crippen LogP contribution in [0.5, 0.6) is 17.2 Å². The Balaban J connectivity index is 1.83. The normalized spacial score (nSPS) is 13.1. The summed E-state index contributed by atoms with van der Waals surface area (Å²) in [4.78, 5) is 0. The zero-order chi connectivity index (χ0) is 18.1. The topological polar surface area (TPSA) is 83.9 Å². The van der Waals surface area contributed by atoms with Crippen molar-refractivity contribution in [2.24, 2.45) is 5.10 Å². The third-order valence-electron chi connectivity index (χ3n) is 3.90. The van der Waals surface area contributed by atoms with E-state index in [0.717, 1.165) is 17.0 Å². The third-order valence-corrected chi connectivity index (χ3v) is 4.83. The summed E-state index contributed by atoms with van der Waals surface area (Å²) < 4.78 is 23.4. The quantitative estimate of drug-likeness (QED) is 0.681. The van der Waals surface area contributed by atoms with E-state index in [9.17, 15) is 0 Å². The molecule has 2 aromatic heterocycles. The average Bonchev–Trinajstić information content (AvgIpc) is 3.36. The number of hydrogen-bond donors (Lipinski definition) is 0. The van der Waals surface area contributed by atoms with E-state index in [4.69, 9.17) is 18.6 Å². The summed E-state index contributed by atoms with van der Waals surface area (Å²) in [5, 5.41) is 13.9. The van der Waals surface area contributed by atoms with Crippen molar-refractivity contribution >= 4 is 17.5 Å². The van der Waals surface area contributed by atoms with Crippen molar-refractivity contribution in [2.75, 3.05) is 27.1 Å².